The zero-order chi connectivity index (χ0) is 13.9. The molecule has 1 fully saturated rings. The first-order valence-electron chi connectivity index (χ1n) is 6.38. The SMILES string of the molecule is O=C(NNc1nc(-c2ccc(Cl)cc2)no1)C1CCC1. The van der Waals surface area contributed by atoms with Gasteiger partial charge in [-0.1, -0.05) is 23.2 Å². The first kappa shape index (κ1) is 12.9. The molecule has 2 N–H and O–H groups in total. The van der Waals surface area contributed by atoms with Gasteiger partial charge in [0, 0.05) is 16.5 Å². The molecule has 0 saturated heterocycles. The molecule has 0 bridgehead atoms. The summed E-state index contributed by atoms with van der Waals surface area (Å²) in [6, 6.07) is 7.24. The standard InChI is InChI=1S/C13H13ClN4O2/c14-10-6-4-8(5-7-10)11-15-13(20-18-11)17-16-12(19)9-2-1-3-9/h4-7,9H,1-3H2,(H,16,19)(H,15,17,18). The summed E-state index contributed by atoms with van der Waals surface area (Å²) in [6.07, 6.45) is 2.99. The van der Waals surface area contributed by atoms with E-state index < -0.39 is 0 Å². The highest BCUT2D eigenvalue weighted by Crippen LogP contribution is 2.26. The Labute approximate surface area is 120 Å². The predicted octanol–water partition coefficient (Wildman–Crippen LogP) is 2.63. The zero-order valence-corrected chi connectivity index (χ0v) is 11.4. The molecule has 1 aromatic heterocycles. The predicted molar refractivity (Wildman–Crippen MR) is 73.9 cm³/mol. The average Bonchev–Trinajstić information content (AvgIpc) is 2.84. The van der Waals surface area contributed by atoms with Crippen LogP contribution in [-0.4, -0.2) is 16.0 Å². The van der Waals surface area contributed by atoms with Gasteiger partial charge in [0.1, 0.15) is 0 Å². The van der Waals surface area contributed by atoms with Crippen molar-refractivity contribution < 1.29 is 9.32 Å². The van der Waals surface area contributed by atoms with E-state index in [4.69, 9.17) is 16.1 Å². The molecule has 1 aromatic carbocycles. The summed E-state index contributed by atoms with van der Waals surface area (Å²) < 4.78 is 5.01. The highest BCUT2D eigenvalue weighted by atomic mass is 35.5. The summed E-state index contributed by atoms with van der Waals surface area (Å²) >= 11 is 5.81. The molecule has 3 rings (SSSR count). The van der Waals surface area contributed by atoms with Crippen LogP contribution in [0.1, 0.15) is 19.3 Å². The monoisotopic (exact) mass is 292 g/mol. The maximum atomic E-state index is 11.6. The van der Waals surface area contributed by atoms with Gasteiger partial charge in [-0.05, 0) is 37.1 Å². The van der Waals surface area contributed by atoms with Crippen molar-refractivity contribution in [3.8, 4) is 11.4 Å². The number of anilines is 1. The summed E-state index contributed by atoms with van der Waals surface area (Å²) in [4.78, 5) is 15.8. The van der Waals surface area contributed by atoms with Gasteiger partial charge in [0.25, 0.3) is 0 Å². The lowest BCUT2D eigenvalue weighted by molar-refractivity contribution is -0.126. The van der Waals surface area contributed by atoms with Crippen molar-refractivity contribution in [1.29, 1.82) is 0 Å². The van der Waals surface area contributed by atoms with Crippen molar-refractivity contribution in [2.24, 2.45) is 5.92 Å². The van der Waals surface area contributed by atoms with Gasteiger partial charge in [-0.2, -0.15) is 4.98 Å². The molecule has 20 heavy (non-hydrogen) atoms. The summed E-state index contributed by atoms with van der Waals surface area (Å²) in [5.41, 5.74) is 5.99. The Morgan fingerprint density at radius 2 is 2.05 bits per heavy atom. The molecule has 0 unspecified atom stereocenters. The van der Waals surface area contributed by atoms with Gasteiger partial charge < -0.3 is 4.52 Å². The molecule has 0 aliphatic heterocycles. The molecule has 7 heteroatoms. The summed E-state index contributed by atoms with van der Waals surface area (Å²) in [6.45, 7) is 0. The lowest BCUT2D eigenvalue weighted by Gasteiger charge is -2.23. The van der Waals surface area contributed by atoms with Crippen LogP contribution < -0.4 is 10.9 Å². The fraction of sp³-hybridized carbons (Fsp3) is 0.308. The Morgan fingerprint density at radius 1 is 1.30 bits per heavy atom. The molecule has 1 heterocycles. The van der Waals surface area contributed by atoms with Crippen molar-refractivity contribution in [1.82, 2.24) is 15.6 Å². The van der Waals surface area contributed by atoms with Gasteiger partial charge in [-0.15, -0.1) is 0 Å². The molecule has 1 amide bonds. The Bertz CT molecular complexity index is 607. The van der Waals surface area contributed by atoms with E-state index in [9.17, 15) is 4.79 Å². The van der Waals surface area contributed by atoms with Crippen LogP contribution in [-0.2, 0) is 4.79 Å². The van der Waals surface area contributed by atoms with Crippen LogP contribution in [0.3, 0.4) is 0 Å². The molecule has 0 atom stereocenters. The molecule has 2 aromatic rings. The number of hydrogen-bond donors (Lipinski definition) is 2. The minimum absolute atomic E-state index is 0.0394. The molecule has 1 aliphatic carbocycles. The number of halogens is 1. The number of carbonyl (C=O) groups excluding carboxylic acids is 1. The number of amides is 1. The van der Waals surface area contributed by atoms with E-state index in [1.807, 2.05) is 0 Å². The third-order valence-electron chi connectivity index (χ3n) is 3.30. The number of rotatable bonds is 4. The van der Waals surface area contributed by atoms with Crippen LogP contribution in [0.5, 0.6) is 0 Å². The number of benzene rings is 1. The van der Waals surface area contributed by atoms with Crippen molar-refractivity contribution in [2.75, 3.05) is 5.43 Å². The van der Waals surface area contributed by atoms with Crippen LogP contribution in [0.4, 0.5) is 6.01 Å². The minimum Gasteiger partial charge on any atom is -0.313 e. The number of aromatic nitrogens is 2. The maximum Gasteiger partial charge on any atom is 0.340 e. The molecule has 1 saturated carbocycles. The number of hydrazine groups is 1. The topological polar surface area (TPSA) is 80.0 Å². The zero-order valence-electron chi connectivity index (χ0n) is 10.6. The second-order valence-electron chi connectivity index (χ2n) is 4.67. The third kappa shape index (κ3) is 2.75. The summed E-state index contributed by atoms with van der Waals surface area (Å²) in [5.74, 6) is 0.491. The molecular formula is C13H13ClN4O2. The number of nitrogens with one attached hydrogen (secondary N) is 2. The smallest absolute Gasteiger partial charge is 0.313 e. The van der Waals surface area contributed by atoms with Crippen molar-refractivity contribution in [2.45, 2.75) is 19.3 Å². The first-order valence-corrected chi connectivity index (χ1v) is 6.76. The van der Waals surface area contributed by atoms with E-state index in [2.05, 4.69) is 21.0 Å². The van der Waals surface area contributed by atoms with E-state index in [0.717, 1.165) is 24.8 Å². The second kappa shape index (κ2) is 5.50. The van der Waals surface area contributed by atoms with E-state index in [-0.39, 0.29) is 17.8 Å². The Hall–Kier alpha value is -2.08. The van der Waals surface area contributed by atoms with Crippen LogP contribution in [0, 0.1) is 5.92 Å². The van der Waals surface area contributed by atoms with Gasteiger partial charge in [-0.3, -0.25) is 10.2 Å². The van der Waals surface area contributed by atoms with Gasteiger partial charge >= 0.3 is 6.01 Å². The van der Waals surface area contributed by atoms with Crippen LogP contribution in [0.2, 0.25) is 5.02 Å². The lowest BCUT2D eigenvalue weighted by atomic mass is 9.85. The molecule has 0 spiro atoms. The average molecular weight is 293 g/mol. The molecule has 6 nitrogen and oxygen atoms in total. The lowest BCUT2D eigenvalue weighted by Crippen LogP contribution is -2.37. The highest BCUT2D eigenvalue weighted by molar-refractivity contribution is 6.30. The third-order valence-corrected chi connectivity index (χ3v) is 3.55. The van der Waals surface area contributed by atoms with Crippen LogP contribution >= 0.6 is 11.6 Å². The molecule has 0 radical (unpaired) electrons. The van der Waals surface area contributed by atoms with Gasteiger partial charge in [0.05, 0.1) is 0 Å². The Morgan fingerprint density at radius 3 is 2.70 bits per heavy atom. The number of carbonyl (C=O) groups is 1. The second-order valence-corrected chi connectivity index (χ2v) is 5.11. The Kier molecular flexibility index (Phi) is 3.56. The van der Waals surface area contributed by atoms with E-state index in [1.54, 1.807) is 24.3 Å². The van der Waals surface area contributed by atoms with Crippen LogP contribution in [0.15, 0.2) is 28.8 Å². The van der Waals surface area contributed by atoms with Crippen molar-refractivity contribution in [3.05, 3.63) is 29.3 Å². The van der Waals surface area contributed by atoms with Crippen molar-refractivity contribution in [3.63, 3.8) is 0 Å². The van der Waals surface area contributed by atoms with Gasteiger partial charge in [-0.25, -0.2) is 5.43 Å². The van der Waals surface area contributed by atoms with E-state index in [0.29, 0.717) is 10.8 Å². The maximum absolute atomic E-state index is 11.6. The number of hydrogen-bond acceptors (Lipinski definition) is 5. The first-order chi connectivity index (χ1) is 9.72. The quantitative estimate of drug-likeness (QED) is 0.847. The van der Waals surface area contributed by atoms with E-state index in [1.165, 1.54) is 0 Å². The van der Waals surface area contributed by atoms with Gasteiger partial charge in [0.2, 0.25) is 11.7 Å². The highest BCUT2D eigenvalue weighted by Gasteiger charge is 2.25. The largest absolute Gasteiger partial charge is 0.340 e. The molecular weight excluding hydrogens is 280 g/mol. The fourth-order valence-corrected chi connectivity index (χ4v) is 2.00. The number of nitrogens with zero attached hydrogens (tertiary/aromatic N) is 2. The normalized spacial score (nSPS) is 14.7. The minimum atomic E-state index is -0.0394. The Balaban J connectivity index is 1.61. The molecule has 1 aliphatic rings. The fourth-order valence-electron chi connectivity index (χ4n) is 1.88. The molecule has 104 valence electrons. The van der Waals surface area contributed by atoms with Gasteiger partial charge in [0.15, 0.2) is 0 Å². The summed E-state index contributed by atoms with van der Waals surface area (Å²) in [5, 5.41) is 4.47. The van der Waals surface area contributed by atoms with E-state index >= 15 is 0 Å². The van der Waals surface area contributed by atoms with Crippen LogP contribution in [0.25, 0.3) is 11.4 Å². The van der Waals surface area contributed by atoms with Crippen molar-refractivity contribution >= 4 is 23.5 Å². The summed E-state index contributed by atoms with van der Waals surface area (Å²) in [7, 11) is 0.